The van der Waals surface area contributed by atoms with E-state index in [0.29, 0.717) is 31.1 Å². The first-order valence-corrected chi connectivity index (χ1v) is 9.85. The summed E-state index contributed by atoms with van der Waals surface area (Å²) in [5, 5.41) is 4.41. The highest BCUT2D eigenvalue weighted by Crippen LogP contribution is 2.29. The molecule has 4 rings (SSSR count). The number of nitrogens with zero attached hydrogens (tertiary/aromatic N) is 4. The summed E-state index contributed by atoms with van der Waals surface area (Å²) in [6.07, 6.45) is 11.3. The van der Waals surface area contributed by atoms with Crippen LogP contribution in [0.2, 0.25) is 0 Å². The molecule has 3 fully saturated rings. The Labute approximate surface area is 150 Å². The number of hydrogen-bond donors (Lipinski definition) is 0. The van der Waals surface area contributed by atoms with E-state index in [1.807, 2.05) is 10.9 Å². The zero-order valence-corrected chi connectivity index (χ0v) is 15.3. The molecule has 1 aromatic heterocycles. The topological polar surface area (TPSA) is 50.6 Å². The molecule has 2 saturated heterocycles. The largest absolute Gasteiger partial charge is 0.374 e. The molecule has 3 atom stereocenters. The highest BCUT2D eigenvalue weighted by molar-refractivity contribution is 5.79. The number of rotatable bonds is 4. The van der Waals surface area contributed by atoms with Crippen LogP contribution in [0, 0.1) is 6.92 Å². The molecule has 2 aliphatic heterocycles. The third-order valence-electron chi connectivity index (χ3n) is 6.05. The van der Waals surface area contributed by atoms with Crippen LogP contribution in [0.3, 0.4) is 0 Å². The normalized spacial score (nSPS) is 30.4. The monoisotopic (exact) mass is 346 g/mol. The maximum atomic E-state index is 13.0. The number of aromatic nitrogens is 2. The fourth-order valence-electron chi connectivity index (χ4n) is 4.76. The van der Waals surface area contributed by atoms with Crippen LogP contribution in [-0.4, -0.2) is 69.9 Å². The minimum absolute atomic E-state index is 0.271. The number of aryl methyl sites for hydroxylation is 1. The highest BCUT2D eigenvalue weighted by atomic mass is 16.5. The van der Waals surface area contributed by atoms with Crippen LogP contribution in [0.4, 0.5) is 0 Å². The second kappa shape index (κ2) is 7.46. The lowest BCUT2D eigenvalue weighted by molar-refractivity contribution is -0.150. The summed E-state index contributed by atoms with van der Waals surface area (Å²) >= 11 is 0. The van der Waals surface area contributed by atoms with Crippen LogP contribution >= 0.6 is 0 Å². The van der Waals surface area contributed by atoms with Crippen LogP contribution < -0.4 is 0 Å². The first-order valence-electron chi connectivity index (χ1n) is 9.85. The third kappa shape index (κ3) is 3.75. The summed E-state index contributed by atoms with van der Waals surface area (Å²) in [6, 6.07) is 0.733. The van der Waals surface area contributed by atoms with Crippen LogP contribution in [-0.2, 0) is 16.1 Å². The second-order valence-electron chi connectivity index (χ2n) is 7.85. The number of amides is 1. The number of hydrogen-bond acceptors (Lipinski definition) is 4. The van der Waals surface area contributed by atoms with Crippen LogP contribution in [0.5, 0.6) is 0 Å². The Bertz CT molecular complexity index is 600. The van der Waals surface area contributed by atoms with E-state index in [-0.39, 0.29) is 6.10 Å². The first-order chi connectivity index (χ1) is 12.2. The van der Waals surface area contributed by atoms with Gasteiger partial charge in [0.05, 0.1) is 38.0 Å². The maximum Gasteiger partial charge on any atom is 0.237 e. The van der Waals surface area contributed by atoms with Gasteiger partial charge in [-0.2, -0.15) is 5.10 Å². The third-order valence-corrected chi connectivity index (χ3v) is 6.05. The summed E-state index contributed by atoms with van der Waals surface area (Å²) in [5.41, 5.74) is 1.19. The predicted molar refractivity (Wildman–Crippen MR) is 95.3 cm³/mol. The molecule has 1 saturated carbocycles. The molecule has 0 unspecified atom stereocenters. The summed E-state index contributed by atoms with van der Waals surface area (Å²) < 4.78 is 7.94. The molecule has 1 aromatic rings. The van der Waals surface area contributed by atoms with E-state index < -0.39 is 0 Å². The van der Waals surface area contributed by atoms with Gasteiger partial charge in [0.1, 0.15) is 0 Å². The molecule has 3 aliphatic rings. The minimum Gasteiger partial charge on any atom is -0.374 e. The Morgan fingerprint density at radius 1 is 1.24 bits per heavy atom. The van der Waals surface area contributed by atoms with Crippen molar-refractivity contribution in [3.63, 3.8) is 0 Å². The number of morpholine rings is 1. The van der Waals surface area contributed by atoms with Crippen molar-refractivity contribution in [2.45, 2.75) is 70.2 Å². The molecule has 1 amide bonds. The highest BCUT2D eigenvalue weighted by Gasteiger charge is 2.38. The van der Waals surface area contributed by atoms with Crippen molar-refractivity contribution >= 4 is 5.91 Å². The lowest BCUT2D eigenvalue weighted by Gasteiger charge is -2.44. The molecule has 0 radical (unpaired) electrons. The van der Waals surface area contributed by atoms with Gasteiger partial charge in [-0.1, -0.05) is 12.8 Å². The molecule has 1 aliphatic carbocycles. The minimum atomic E-state index is 0.271. The molecule has 138 valence electrons. The number of carbonyl (C=O) groups excluding carboxylic acids is 1. The zero-order chi connectivity index (χ0) is 17.2. The van der Waals surface area contributed by atoms with Crippen molar-refractivity contribution in [2.24, 2.45) is 0 Å². The zero-order valence-electron chi connectivity index (χ0n) is 15.3. The fourth-order valence-corrected chi connectivity index (χ4v) is 4.76. The van der Waals surface area contributed by atoms with Crippen molar-refractivity contribution in [3.05, 3.63) is 18.0 Å². The quantitative estimate of drug-likeness (QED) is 0.835. The summed E-state index contributed by atoms with van der Waals surface area (Å²) in [5.74, 6) is 0.295. The number of carbonyl (C=O) groups is 1. The molecule has 0 aromatic carbocycles. The second-order valence-corrected chi connectivity index (χ2v) is 7.85. The Morgan fingerprint density at radius 3 is 2.96 bits per heavy atom. The van der Waals surface area contributed by atoms with E-state index >= 15 is 0 Å². The molecule has 6 nitrogen and oxygen atoms in total. The van der Waals surface area contributed by atoms with Gasteiger partial charge in [-0.15, -0.1) is 0 Å². The number of ether oxygens (including phenoxy) is 1. The Morgan fingerprint density at radius 2 is 2.12 bits per heavy atom. The fraction of sp³-hybridized carbons (Fsp3) is 0.789. The van der Waals surface area contributed by atoms with Gasteiger partial charge in [0.15, 0.2) is 0 Å². The number of likely N-dealkylation sites (tertiary alicyclic amines) is 1. The van der Waals surface area contributed by atoms with Gasteiger partial charge >= 0.3 is 0 Å². The summed E-state index contributed by atoms with van der Waals surface area (Å²) in [4.78, 5) is 17.5. The Balaban J connectivity index is 1.37. The molecule has 6 heteroatoms. The van der Waals surface area contributed by atoms with Gasteiger partial charge < -0.3 is 9.64 Å². The summed E-state index contributed by atoms with van der Waals surface area (Å²) in [7, 11) is 0. The molecule has 0 spiro atoms. The van der Waals surface area contributed by atoms with Gasteiger partial charge in [-0.25, -0.2) is 0 Å². The van der Waals surface area contributed by atoms with E-state index in [9.17, 15) is 4.79 Å². The molecular weight excluding hydrogens is 316 g/mol. The van der Waals surface area contributed by atoms with Crippen molar-refractivity contribution < 1.29 is 9.53 Å². The molecular formula is C19H30N4O2. The van der Waals surface area contributed by atoms with Gasteiger partial charge in [0, 0.05) is 18.8 Å². The van der Waals surface area contributed by atoms with Gasteiger partial charge in [-0.3, -0.25) is 14.4 Å². The van der Waals surface area contributed by atoms with Gasteiger partial charge in [-0.05, 0) is 44.7 Å². The van der Waals surface area contributed by atoms with Crippen molar-refractivity contribution in [2.75, 3.05) is 26.2 Å². The SMILES string of the molecule is Cc1cnn(C[C@@H]2CCCN2CC(=O)N2CCO[C@@H]3CCCC[C@H]32)c1. The average Bonchev–Trinajstić information content (AvgIpc) is 3.23. The van der Waals surface area contributed by atoms with Gasteiger partial charge in [0.2, 0.25) is 5.91 Å². The lowest BCUT2D eigenvalue weighted by atomic mass is 9.90. The molecule has 25 heavy (non-hydrogen) atoms. The molecule has 3 heterocycles. The van der Waals surface area contributed by atoms with Crippen LogP contribution in [0.15, 0.2) is 12.4 Å². The summed E-state index contributed by atoms with van der Waals surface area (Å²) in [6.45, 7) is 5.98. The van der Waals surface area contributed by atoms with Gasteiger partial charge in [0.25, 0.3) is 0 Å². The van der Waals surface area contributed by atoms with Crippen molar-refractivity contribution in [3.8, 4) is 0 Å². The lowest BCUT2D eigenvalue weighted by Crippen LogP contribution is -2.57. The maximum absolute atomic E-state index is 13.0. The standard InChI is InChI=1S/C19H30N4O2/c1-15-11-20-22(12-15)13-16-5-4-8-21(16)14-19(24)23-9-10-25-18-7-3-2-6-17(18)23/h11-12,16-18H,2-10,13-14H2,1H3/t16-,17+,18+/m0/s1. The molecule has 0 bridgehead atoms. The first kappa shape index (κ1) is 17.0. The van der Waals surface area contributed by atoms with Crippen LogP contribution in [0.1, 0.15) is 44.1 Å². The molecule has 0 N–H and O–H groups in total. The van der Waals surface area contributed by atoms with E-state index in [1.165, 1.54) is 24.8 Å². The van der Waals surface area contributed by atoms with E-state index in [1.54, 1.807) is 0 Å². The van der Waals surface area contributed by atoms with E-state index in [0.717, 1.165) is 38.9 Å². The Hall–Kier alpha value is -1.40. The van der Waals surface area contributed by atoms with Crippen LogP contribution in [0.25, 0.3) is 0 Å². The smallest absolute Gasteiger partial charge is 0.237 e. The van der Waals surface area contributed by atoms with E-state index in [2.05, 4.69) is 28.0 Å². The van der Waals surface area contributed by atoms with Crippen molar-refractivity contribution in [1.29, 1.82) is 0 Å². The van der Waals surface area contributed by atoms with E-state index in [4.69, 9.17) is 4.74 Å². The van der Waals surface area contributed by atoms with Crippen molar-refractivity contribution in [1.82, 2.24) is 19.6 Å². The predicted octanol–water partition coefficient (Wildman–Crippen LogP) is 1.83. The average molecular weight is 346 g/mol. The number of fused-ring (bicyclic) bond motifs is 1. The Kier molecular flexibility index (Phi) is 5.08.